The zero-order valence-electron chi connectivity index (χ0n) is 22.7. The van der Waals surface area contributed by atoms with E-state index in [-0.39, 0.29) is 18.1 Å². The molecular formula is C30H52O4. The van der Waals surface area contributed by atoms with Gasteiger partial charge in [-0.25, -0.2) is 0 Å². The third-order valence-electron chi connectivity index (χ3n) is 13.7. The number of fused-ring (bicyclic) bond motifs is 2. The highest BCUT2D eigenvalue weighted by Gasteiger charge is 2.82. The van der Waals surface area contributed by atoms with Crippen molar-refractivity contribution in [3.63, 3.8) is 0 Å². The third-order valence-corrected chi connectivity index (χ3v) is 13.7. The Hall–Kier alpha value is -0.160. The molecule has 0 aromatic heterocycles. The van der Waals surface area contributed by atoms with Gasteiger partial charge in [0, 0.05) is 5.41 Å². The minimum Gasteiger partial charge on any atom is -0.396 e. The Bertz CT molecular complexity index is 806. The van der Waals surface area contributed by atoms with Crippen LogP contribution in [0, 0.1) is 50.7 Å². The molecule has 0 radical (unpaired) electrons. The van der Waals surface area contributed by atoms with Crippen molar-refractivity contribution in [2.24, 2.45) is 50.7 Å². The molecular weight excluding hydrogens is 424 g/mol. The second kappa shape index (κ2) is 7.68. The van der Waals surface area contributed by atoms with Crippen molar-refractivity contribution in [2.45, 2.75) is 130 Å². The quantitative estimate of drug-likeness (QED) is 0.419. The van der Waals surface area contributed by atoms with Crippen molar-refractivity contribution in [1.29, 1.82) is 0 Å². The zero-order chi connectivity index (χ0) is 24.9. The lowest BCUT2D eigenvalue weighted by Gasteiger charge is -2.63. The number of rotatable bonds is 6. The Balaban J connectivity index is 1.37. The van der Waals surface area contributed by atoms with E-state index in [4.69, 9.17) is 0 Å². The van der Waals surface area contributed by atoms with Crippen LogP contribution in [0.25, 0.3) is 0 Å². The summed E-state index contributed by atoms with van der Waals surface area (Å²) in [4.78, 5) is 0. The van der Waals surface area contributed by atoms with E-state index >= 15 is 0 Å². The van der Waals surface area contributed by atoms with E-state index < -0.39 is 11.7 Å². The Morgan fingerprint density at radius 3 is 2.15 bits per heavy atom. The molecule has 4 N–H and O–H groups in total. The van der Waals surface area contributed by atoms with E-state index in [0.717, 1.165) is 25.2 Å². The van der Waals surface area contributed by atoms with E-state index in [9.17, 15) is 20.4 Å². The minimum absolute atomic E-state index is 0.117. The predicted octanol–water partition coefficient (Wildman–Crippen LogP) is 5.31. The maximum absolute atomic E-state index is 10.9. The van der Waals surface area contributed by atoms with Gasteiger partial charge in [-0.05, 0) is 130 Å². The van der Waals surface area contributed by atoms with E-state index in [1.54, 1.807) is 13.8 Å². The molecule has 0 aliphatic heterocycles. The Morgan fingerprint density at radius 1 is 0.853 bits per heavy atom. The summed E-state index contributed by atoms with van der Waals surface area (Å²) in [6.07, 6.45) is 11.7. The van der Waals surface area contributed by atoms with Crippen molar-refractivity contribution >= 4 is 0 Å². The smallest absolute Gasteiger partial charge is 0.0849 e. The summed E-state index contributed by atoms with van der Waals surface area (Å²) in [6.45, 7) is 13.3. The van der Waals surface area contributed by atoms with Crippen LogP contribution in [0.4, 0.5) is 0 Å². The molecule has 0 saturated heterocycles. The maximum atomic E-state index is 10.9. The number of hydrogen-bond acceptors (Lipinski definition) is 4. The average Bonchev–Trinajstić information content (AvgIpc) is 3.36. The molecule has 11 atom stereocenters. The second-order valence-corrected chi connectivity index (χ2v) is 15.1. The summed E-state index contributed by atoms with van der Waals surface area (Å²) in [7, 11) is 0. The number of aliphatic hydroxyl groups is 4. The van der Waals surface area contributed by atoms with Crippen molar-refractivity contribution < 1.29 is 20.4 Å². The first-order valence-corrected chi connectivity index (χ1v) is 14.4. The Labute approximate surface area is 207 Å². The van der Waals surface area contributed by atoms with Crippen LogP contribution in [0.5, 0.6) is 0 Å². The molecule has 4 heteroatoms. The molecule has 0 aromatic rings. The van der Waals surface area contributed by atoms with Crippen molar-refractivity contribution in [3.05, 3.63) is 0 Å². The van der Waals surface area contributed by atoms with Gasteiger partial charge in [-0.15, -0.1) is 0 Å². The Morgan fingerprint density at radius 2 is 1.50 bits per heavy atom. The normalized spacial score (nSPS) is 53.8. The SMILES string of the molecule is C[C@H](CC[C@@H](O)C(C)(C)O)[C@H]1CC[C@@]2(C)[C@@H]3CC[C@@H]4[C@](C)(CO)[C@@H](O)CC[C@@]45C[C@@]35CC[C@]12C. The van der Waals surface area contributed by atoms with Crippen molar-refractivity contribution in [3.8, 4) is 0 Å². The lowest BCUT2D eigenvalue weighted by atomic mass is 9.41. The van der Waals surface area contributed by atoms with Crippen LogP contribution in [-0.2, 0) is 0 Å². The zero-order valence-corrected chi connectivity index (χ0v) is 22.7. The van der Waals surface area contributed by atoms with Gasteiger partial charge < -0.3 is 20.4 Å². The number of hydrogen-bond donors (Lipinski definition) is 4. The summed E-state index contributed by atoms with van der Waals surface area (Å²) in [5, 5.41) is 41.9. The highest BCUT2D eigenvalue weighted by atomic mass is 16.3. The van der Waals surface area contributed by atoms with Gasteiger partial charge in [0.1, 0.15) is 0 Å². The van der Waals surface area contributed by atoms with Crippen LogP contribution in [-0.4, -0.2) is 44.8 Å². The highest BCUT2D eigenvalue weighted by Crippen LogP contribution is 2.89. The molecule has 5 rings (SSSR count). The molecule has 0 bridgehead atoms. The summed E-state index contributed by atoms with van der Waals surface area (Å²) < 4.78 is 0. The van der Waals surface area contributed by atoms with Gasteiger partial charge in [0.05, 0.1) is 24.4 Å². The van der Waals surface area contributed by atoms with E-state index in [0.29, 0.717) is 45.8 Å². The highest BCUT2D eigenvalue weighted by molar-refractivity contribution is 5.30. The van der Waals surface area contributed by atoms with Gasteiger partial charge in [-0.1, -0.05) is 27.7 Å². The summed E-state index contributed by atoms with van der Waals surface area (Å²) in [5.41, 5.74) is 0.142. The molecule has 5 aliphatic rings. The first-order chi connectivity index (χ1) is 15.7. The van der Waals surface area contributed by atoms with Gasteiger partial charge in [-0.3, -0.25) is 0 Å². The topological polar surface area (TPSA) is 80.9 Å². The molecule has 0 unspecified atom stereocenters. The van der Waals surface area contributed by atoms with E-state index in [1.807, 2.05) is 0 Å². The van der Waals surface area contributed by atoms with Gasteiger partial charge in [-0.2, -0.15) is 0 Å². The monoisotopic (exact) mass is 476 g/mol. The lowest BCUT2D eigenvalue weighted by molar-refractivity contribution is -0.174. The fraction of sp³-hybridized carbons (Fsp3) is 1.00. The molecule has 196 valence electrons. The van der Waals surface area contributed by atoms with Crippen molar-refractivity contribution in [1.82, 2.24) is 0 Å². The first kappa shape index (κ1) is 25.5. The van der Waals surface area contributed by atoms with Crippen LogP contribution in [0.1, 0.15) is 112 Å². The third kappa shape index (κ3) is 3.04. The predicted molar refractivity (Wildman–Crippen MR) is 135 cm³/mol. The average molecular weight is 477 g/mol. The van der Waals surface area contributed by atoms with Crippen molar-refractivity contribution in [2.75, 3.05) is 6.61 Å². The molecule has 0 aromatic carbocycles. The molecule has 5 saturated carbocycles. The lowest BCUT2D eigenvalue weighted by Crippen LogP contribution is -2.59. The van der Waals surface area contributed by atoms with Crippen LogP contribution in [0.15, 0.2) is 0 Å². The first-order valence-electron chi connectivity index (χ1n) is 14.4. The molecule has 34 heavy (non-hydrogen) atoms. The fourth-order valence-corrected chi connectivity index (χ4v) is 11.3. The largest absolute Gasteiger partial charge is 0.396 e. The standard InChI is InChI=1S/C30H52O4/c1-19(7-10-23(32)25(2,3)34)20-11-13-28(6)22-9-8-21-26(4,18-31)24(33)12-14-29(21)17-30(22,29)16-15-27(20,28)5/h19-24,31-34H,7-18H2,1-6H3/t19-,20-,21-,22+,23-,24+,26+,27-,28+,29-,30+/m1/s1. The summed E-state index contributed by atoms with van der Waals surface area (Å²) in [5.74, 6) is 2.49. The second-order valence-electron chi connectivity index (χ2n) is 15.1. The summed E-state index contributed by atoms with van der Waals surface area (Å²) in [6, 6.07) is 0. The van der Waals surface area contributed by atoms with Crippen LogP contribution < -0.4 is 0 Å². The van der Waals surface area contributed by atoms with Crippen LogP contribution >= 0.6 is 0 Å². The molecule has 5 fully saturated rings. The maximum Gasteiger partial charge on any atom is 0.0849 e. The molecule has 2 spiro atoms. The molecule has 0 heterocycles. The number of aliphatic hydroxyl groups excluding tert-OH is 3. The summed E-state index contributed by atoms with van der Waals surface area (Å²) >= 11 is 0. The minimum atomic E-state index is -1.03. The molecule has 5 aliphatic carbocycles. The van der Waals surface area contributed by atoms with Gasteiger partial charge in [0.15, 0.2) is 0 Å². The molecule has 4 nitrogen and oxygen atoms in total. The Kier molecular flexibility index (Phi) is 5.76. The fourth-order valence-electron chi connectivity index (χ4n) is 11.3. The van der Waals surface area contributed by atoms with E-state index in [1.165, 1.54) is 44.9 Å². The van der Waals surface area contributed by atoms with Crippen LogP contribution in [0.2, 0.25) is 0 Å². The van der Waals surface area contributed by atoms with E-state index in [2.05, 4.69) is 27.7 Å². The van der Waals surface area contributed by atoms with Gasteiger partial charge in [0.25, 0.3) is 0 Å². The van der Waals surface area contributed by atoms with Gasteiger partial charge in [0.2, 0.25) is 0 Å². The van der Waals surface area contributed by atoms with Crippen LogP contribution in [0.3, 0.4) is 0 Å². The molecule has 0 amide bonds. The van der Waals surface area contributed by atoms with Gasteiger partial charge >= 0.3 is 0 Å².